The molecule has 0 spiro atoms. The summed E-state index contributed by atoms with van der Waals surface area (Å²) in [6.07, 6.45) is 5.09. The average Bonchev–Trinajstić information content (AvgIpc) is 2.91. The van der Waals surface area contributed by atoms with E-state index < -0.39 is 0 Å². The van der Waals surface area contributed by atoms with Crippen molar-refractivity contribution in [2.24, 2.45) is 17.6 Å². The second-order valence-corrected chi connectivity index (χ2v) is 6.13. The van der Waals surface area contributed by atoms with E-state index >= 15 is 0 Å². The number of rotatable bonds is 6. The van der Waals surface area contributed by atoms with Gasteiger partial charge in [0.1, 0.15) is 0 Å². The summed E-state index contributed by atoms with van der Waals surface area (Å²) in [6, 6.07) is 0.216. The molecule has 2 N–H and O–H groups in total. The molecule has 2 aliphatic rings. The Hall–Kier alpha value is -0.650. The lowest BCUT2D eigenvalue weighted by Crippen LogP contribution is -2.39. The second-order valence-electron chi connectivity index (χ2n) is 6.13. The fraction of sp³-hybridized carbons (Fsp3) is 0.933. The summed E-state index contributed by atoms with van der Waals surface area (Å²) in [6.45, 7) is 3.73. The van der Waals surface area contributed by atoms with Gasteiger partial charge < -0.3 is 20.1 Å². The summed E-state index contributed by atoms with van der Waals surface area (Å²) < 4.78 is 10.5. The molecule has 5 heteroatoms. The first-order valence-electron chi connectivity index (χ1n) is 7.81. The Morgan fingerprint density at radius 2 is 2.15 bits per heavy atom. The zero-order valence-corrected chi connectivity index (χ0v) is 12.6. The van der Waals surface area contributed by atoms with Crippen molar-refractivity contribution < 1.29 is 14.3 Å². The predicted octanol–water partition coefficient (Wildman–Crippen LogP) is 1.02. The molecular formula is C15H28N2O3. The summed E-state index contributed by atoms with van der Waals surface area (Å²) in [5.41, 5.74) is 5.98. The molecule has 116 valence electrons. The van der Waals surface area contributed by atoms with Crippen LogP contribution in [-0.2, 0) is 14.3 Å². The molecule has 0 radical (unpaired) electrons. The molecule has 3 unspecified atom stereocenters. The van der Waals surface area contributed by atoms with Gasteiger partial charge in [0.25, 0.3) is 0 Å². The molecule has 1 amide bonds. The van der Waals surface area contributed by atoms with Crippen molar-refractivity contribution in [3.05, 3.63) is 0 Å². The lowest BCUT2D eigenvalue weighted by molar-refractivity contribution is -0.135. The number of ether oxygens (including phenoxy) is 2. The number of carbonyl (C=O) groups is 1. The lowest BCUT2D eigenvalue weighted by Gasteiger charge is -2.29. The van der Waals surface area contributed by atoms with Crippen molar-refractivity contribution in [3.8, 4) is 0 Å². The van der Waals surface area contributed by atoms with Crippen molar-refractivity contribution in [1.82, 2.24) is 4.90 Å². The lowest BCUT2D eigenvalue weighted by atomic mass is 9.85. The number of amides is 1. The van der Waals surface area contributed by atoms with Gasteiger partial charge in [-0.1, -0.05) is 6.42 Å². The Morgan fingerprint density at radius 1 is 1.30 bits per heavy atom. The summed E-state index contributed by atoms with van der Waals surface area (Å²) in [5.74, 6) is 0.958. The van der Waals surface area contributed by atoms with E-state index in [0.717, 1.165) is 51.8 Å². The van der Waals surface area contributed by atoms with Crippen LogP contribution in [0.25, 0.3) is 0 Å². The van der Waals surface area contributed by atoms with Gasteiger partial charge in [-0.3, -0.25) is 4.79 Å². The highest BCUT2D eigenvalue weighted by Gasteiger charge is 2.33. The molecule has 2 rings (SSSR count). The topological polar surface area (TPSA) is 64.8 Å². The van der Waals surface area contributed by atoms with Gasteiger partial charge in [0.2, 0.25) is 5.91 Å². The molecular weight excluding hydrogens is 256 g/mol. The molecule has 0 aromatic heterocycles. The zero-order valence-electron chi connectivity index (χ0n) is 12.6. The molecule has 0 aromatic carbocycles. The monoisotopic (exact) mass is 284 g/mol. The van der Waals surface area contributed by atoms with Gasteiger partial charge in [-0.15, -0.1) is 0 Å². The maximum absolute atomic E-state index is 12.5. The van der Waals surface area contributed by atoms with Crippen LogP contribution in [0.5, 0.6) is 0 Å². The number of hydrogen-bond donors (Lipinski definition) is 1. The maximum atomic E-state index is 12.5. The van der Waals surface area contributed by atoms with Crippen molar-refractivity contribution >= 4 is 5.91 Å². The molecule has 1 saturated carbocycles. The maximum Gasteiger partial charge on any atom is 0.225 e. The van der Waals surface area contributed by atoms with Crippen molar-refractivity contribution in [2.75, 3.05) is 40.0 Å². The van der Waals surface area contributed by atoms with Gasteiger partial charge in [0.15, 0.2) is 0 Å². The van der Waals surface area contributed by atoms with Crippen LogP contribution in [0.3, 0.4) is 0 Å². The van der Waals surface area contributed by atoms with E-state index in [0.29, 0.717) is 25.0 Å². The molecule has 3 atom stereocenters. The van der Waals surface area contributed by atoms with E-state index in [1.165, 1.54) is 0 Å². The van der Waals surface area contributed by atoms with Gasteiger partial charge in [-0.2, -0.15) is 0 Å². The van der Waals surface area contributed by atoms with Crippen LogP contribution in [0.1, 0.15) is 32.1 Å². The minimum atomic E-state index is 0.159. The van der Waals surface area contributed by atoms with Crippen LogP contribution in [0.4, 0.5) is 0 Å². The fourth-order valence-electron chi connectivity index (χ4n) is 3.27. The number of methoxy groups -OCH3 is 1. The van der Waals surface area contributed by atoms with Crippen LogP contribution in [0.15, 0.2) is 0 Å². The number of likely N-dealkylation sites (tertiary alicyclic amines) is 1. The zero-order chi connectivity index (χ0) is 14.4. The van der Waals surface area contributed by atoms with Crippen LogP contribution in [-0.4, -0.2) is 56.9 Å². The van der Waals surface area contributed by atoms with E-state index in [4.69, 9.17) is 15.2 Å². The third kappa shape index (κ3) is 4.43. The highest BCUT2D eigenvalue weighted by atomic mass is 16.5. The molecule has 1 aliphatic carbocycles. The van der Waals surface area contributed by atoms with E-state index in [1.54, 1.807) is 7.11 Å². The first-order chi connectivity index (χ1) is 9.70. The summed E-state index contributed by atoms with van der Waals surface area (Å²) in [7, 11) is 1.67. The predicted molar refractivity (Wildman–Crippen MR) is 77.3 cm³/mol. The van der Waals surface area contributed by atoms with Crippen LogP contribution in [0.2, 0.25) is 0 Å². The number of hydrogen-bond acceptors (Lipinski definition) is 4. The summed E-state index contributed by atoms with van der Waals surface area (Å²) in [5, 5.41) is 0. The number of nitrogens with zero attached hydrogens (tertiary/aromatic N) is 1. The van der Waals surface area contributed by atoms with Gasteiger partial charge >= 0.3 is 0 Å². The largest absolute Gasteiger partial charge is 0.382 e. The number of nitrogens with two attached hydrogens (primary N) is 1. The van der Waals surface area contributed by atoms with E-state index in [9.17, 15) is 4.79 Å². The Kier molecular flexibility index (Phi) is 6.26. The van der Waals surface area contributed by atoms with Crippen molar-refractivity contribution in [2.45, 2.75) is 38.1 Å². The Bertz CT molecular complexity index is 311. The summed E-state index contributed by atoms with van der Waals surface area (Å²) in [4.78, 5) is 14.5. The van der Waals surface area contributed by atoms with Gasteiger partial charge in [-0.25, -0.2) is 0 Å². The van der Waals surface area contributed by atoms with E-state index in [1.807, 2.05) is 4.90 Å². The highest BCUT2D eigenvalue weighted by molar-refractivity contribution is 5.79. The average molecular weight is 284 g/mol. The minimum Gasteiger partial charge on any atom is -0.382 e. The second kappa shape index (κ2) is 7.96. The molecule has 0 bridgehead atoms. The molecule has 5 nitrogen and oxygen atoms in total. The smallest absolute Gasteiger partial charge is 0.225 e. The van der Waals surface area contributed by atoms with E-state index in [-0.39, 0.29) is 12.0 Å². The first kappa shape index (κ1) is 15.7. The van der Waals surface area contributed by atoms with Crippen LogP contribution < -0.4 is 5.73 Å². The van der Waals surface area contributed by atoms with Crippen molar-refractivity contribution in [1.29, 1.82) is 0 Å². The molecule has 0 aromatic rings. The molecule has 1 aliphatic heterocycles. The van der Waals surface area contributed by atoms with Gasteiger partial charge in [-0.05, 0) is 25.7 Å². The molecule has 1 saturated heterocycles. The SMILES string of the molecule is COCCOCC1CCN(C(=O)C2CCCC(N)C2)C1. The third-order valence-electron chi connectivity index (χ3n) is 4.45. The molecule has 1 heterocycles. The third-order valence-corrected chi connectivity index (χ3v) is 4.45. The Balaban J connectivity index is 1.70. The van der Waals surface area contributed by atoms with Gasteiger partial charge in [0.05, 0.1) is 19.8 Å². The first-order valence-corrected chi connectivity index (χ1v) is 7.81. The minimum absolute atomic E-state index is 0.159. The summed E-state index contributed by atoms with van der Waals surface area (Å²) >= 11 is 0. The number of carbonyl (C=O) groups excluding carboxylic acids is 1. The van der Waals surface area contributed by atoms with Crippen LogP contribution >= 0.6 is 0 Å². The van der Waals surface area contributed by atoms with Crippen molar-refractivity contribution in [3.63, 3.8) is 0 Å². The Morgan fingerprint density at radius 3 is 2.90 bits per heavy atom. The Labute approximate surface area is 121 Å². The molecule has 2 fully saturated rings. The molecule has 20 heavy (non-hydrogen) atoms. The standard InChI is InChI=1S/C15H28N2O3/c1-19-7-8-20-11-12-5-6-17(10-12)15(18)13-3-2-4-14(16)9-13/h12-14H,2-11,16H2,1H3. The van der Waals surface area contributed by atoms with Crippen LogP contribution in [0, 0.1) is 11.8 Å². The quantitative estimate of drug-likeness (QED) is 0.740. The fourth-order valence-corrected chi connectivity index (χ4v) is 3.27. The highest BCUT2D eigenvalue weighted by Crippen LogP contribution is 2.27. The van der Waals surface area contributed by atoms with E-state index in [2.05, 4.69) is 0 Å². The van der Waals surface area contributed by atoms with Gasteiger partial charge in [0, 0.05) is 38.1 Å². The normalized spacial score (nSPS) is 30.7.